The molecule has 1 saturated heterocycles. The summed E-state index contributed by atoms with van der Waals surface area (Å²) in [7, 11) is 0. The van der Waals surface area contributed by atoms with Crippen LogP contribution < -0.4 is 10.2 Å². The van der Waals surface area contributed by atoms with Crippen LogP contribution in [0.25, 0.3) is 0 Å². The van der Waals surface area contributed by atoms with Crippen molar-refractivity contribution in [1.29, 1.82) is 0 Å². The fraction of sp³-hybridized carbons (Fsp3) is 0.353. The van der Waals surface area contributed by atoms with E-state index < -0.39 is 0 Å². The summed E-state index contributed by atoms with van der Waals surface area (Å²) in [6, 6.07) is 3.69. The lowest BCUT2D eigenvalue weighted by atomic mass is 10.2. The van der Waals surface area contributed by atoms with Crippen LogP contribution >= 0.6 is 0 Å². The van der Waals surface area contributed by atoms with Crippen LogP contribution in [0.15, 0.2) is 36.9 Å². The topological polar surface area (TPSA) is 91.3 Å². The van der Waals surface area contributed by atoms with Crippen LogP contribution in [0, 0.1) is 0 Å². The van der Waals surface area contributed by atoms with E-state index in [1.54, 1.807) is 25.5 Å². The third-order valence-electron chi connectivity index (χ3n) is 4.12. The van der Waals surface area contributed by atoms with E-state index in [0.717, 1.165) is 5.56 Å². The summed E-state index contributed by atoms with van der Waals surface area (Å²) in [4.78, 5) is 39.9. The molecule has 8 nitrogen and oxygen atoms in total. The van der Waals surface area contributed by atoms with E-state index in [9.17, 15) is 9.59 Å². The van der Waals surface area contributed by atoms with Gasteiger partial charge in [-0.3, -0.25) is 14.6 Å². The molecular weight excluding hydrogens is 320 g/mol. The molecule has 0 spiro atoms. The van der Waals surface area contributed by atoms with E-state index in [2.05, 4.69) is 25.2 Å². The Hall–Kier alpha value is -3.03. The molecule has 0 aromatic carbocycles. The molecule has 0 unspecified atom stereocenters. The summed E-state index contributed by atoms with van der Waals surface area (Å²) in [5.74, 6) is 0.540. The first-order valence-electron chi connectivity index (χ1n) is 8.13. The van der Waals surface area contributed by atoms with E-state index in [4.69, 9.17) is 0 Å². The molecule has 1 aliphatic heterocycles. The highest BCUT2D eigenvalue weighted by Crippen LogP contribution is 2.12. The van der Waals surface area contributed by atoms with Crippen LogP contribution in [0.1, 0.15) is 23.0 Å². The van der Waals surface area contributed by atoms with E-state index in [1.807, 2.05) is 17.0 Å². The first-order valence-corrected chi connectivity index (χ1v) is 8.13. The molecule has 8 heteroatoms. The summed E-state index contributed by atoms with van der Waals surface area (Å²) in [5.41, 5.74) is 1.25. The van der Waals surface area contributed by atoms with Crippen molar-refractivity contribution in [3.8, 4) is 0 Å². The van der Waals surface area contributed by atoms with Gasteiger partial charge in [0.1, 0.15) is 11.5 Å². The Labute approximate surface area is 145 Å². The molecule has 25 heavy (non-hydrogen) atoms. The highest BCUT2D eigenvalue weighted by atomic mass is 16.2. The molecule has 0 saturated carbocycles. The van der Waals surface area contributed by atoms with Crippen LogP contribution in [-0.4, -0.2) is 57.8 Å². The summed E-state index contributed by atoms with van der Waals surface area (Å²) in [6.07, 6.45) is 6.45. The summed E-state index contributed by atoms with van der Waals surface area (Å²) in [5, 5.41) is 2.81. The number of nitrogens with one attached hydrogen (secondary N) is 1. The third-order valence-corrected chi connectivity index (χ3v) is 4.12. The van der Waals surface area contributed by atoms with Crippen molar-refractivity contribution in [2.45, 2.75) is 13.5 Å². The van der Waals surface area contributed by atoms with Gasteiger partial charge in [-0.05, 0) is 17.7 Å². The molecule has 1 aliphatic rings. The number of aromatic nitrogens is 3. The number of piperazine rings is 1. The van der Waals surface area contributed by atoms with Crippen molar-refractivity contribution in [3.63, 3.8) is 0 Å². The zero-order valence-electron chi connectivity index (χ0n) is 14.1. The average molecular weight is 340 g/mol. The van der Waals surface area contributed by atoms with Gasteiger partial charge in [-0.2, -0.15) is 0 Å². The van der Waals surface area contributed by atoms with Gasteiger partial charge in [0.05, 0.1) is 12.4 Å². The van der Waals surface area contributed by atoms with Crippen LogP contribution in [0.5, 0.6) is 0 Å². The maximum atomic E-state index is 12.1. The van der Waals surface area contributed by atoms with Crippen LogP contribution in [0.4, 0.5) is 5.82 Å². The molecule has 3 heterocycles. The van der Waals surface area contributed by atoms with Gasteiger partial charge >= 0.3 is 0 Å². The maximum Gasteiger partial charge on any atom is 0.271 e. The Morgan fingerprint density at radius 2 is 1.80 bits per heavy atom. The largest absolute Gasteiger partial charge is 0.352 e. The van der Waals surface area contributed by atoms with E-state index in [-0.39, 0.29) is 17.5 Å². The molecule has 2 aromatic heterocycles. The second-order valence-electron chi connectivity index (χ2n) is 5.79. The first-order chi connectivity index (χ1) is 12.1. The number of hydrogen-bond acceptors (Lipinski definition) is 6. The maximum absolute atomic E-state index is 12.1. The van der Waals surface area contributed by atoms with Gasteiger partial charge in [0.2, 0.25) is 5.91 Å². The third kappa shape index (κ3) is 4.28. The van der Waals surface area contributed by atoms with Crippen molar-refractivity contribution < 1.29 is 9.59 Å². The first kappa shape index (κ1) is 16.8. The standard InChI is InChI=1S/C17H20N6O2/c1-13(24)22-6-8-23(9-7-22)16-12-19-15(11-20-16)17(25)21-10-14-2-4-18-5-3-14/h2-5,11-12H,6-10H2,1H3,(H,21,25). The molecule has 0 atom stereocenters. The van der Waals surface area contributed by atoms with Gasteiger partial charge in [-0.15, -0.1) is 0 Å². The monoisotopic (exact) mass is 340 g/mol. The van der Waals surface area contributed by atoms with Gasteiger partial charge < -0.3 is 15.1 Å². The van der Waals surface area contributed by atoms with Gasteiger partial charge in [-0.1, -0.05) is 0 Å². The highest BCUT2D eigenvalue weighted by molar-refractivity contribution is 5.91. The van der Waals surface area contributed by atoms with Crippen molar-refractivity contribution in [3.05, 3.63) is 48.2 Å². The minimum atomic E-state index is -0.266. The molecule has 2 amide bonds. The van der Waals surface area contributed by atoms with E-state index in [0.29, 0.717) is 38.5 Å². The number of nitrogens with zero attached hydrogens (tertiary/aromatic N) is 5. The molecule has 0 radical (unpaired) electrons. The normalized spacial score (nSPS) is 14.3. The molecule has 130 valence electrons. The number of carbonyl (C=O) groups is 2. The SMILES string of the molecule is CC(=O)N1CCN(c2cnc(C(=O)NCc3ccncc3)cn2)CC1. The molecule has 3 rings (SSSR count). The number of pyridine rings is 1. The lowest BCUT2D eigenvalue weighted by Gasteiger charge is -2.34. The van der Waals surface area contributed by atoms with Crippen molar-refractivity contribution >= 4 is 17.6 Å². The highest BCUT2D eigenvalue weighted by Gasteiger charge is 2.20. The number of anilines is 1. The zero-order valence-corrected chi connectivity index (χ0v) is 14.1. The molecule has 0 bridgehead atoms. The Bertz CT molecular complexity index is 727. The van der Waals surface area contributed by atoms with Gasteiger partial charge in [0, 0.05) is 52.0 Å². The van der Waals surface area contributed by atoms with Crippen LogP contribution in [0.2, 0.25) is 0 Å². The summed E-state index contributed by atoms with van der Waals surface area (Å²) in [6.45, 7) is 4.76. The minimum absolute atomic E-state index is 0.0898. The fourth-order valence-electron chi connectivity index (χ4n) is 2.63. The lowest BCUT2D eigenvalue weighted by Crippen LogP contribution is -2.48. The van der Waals surface area contributed by atoms with Crippen LogP contribution in [0.3, 0.4) is 0 Å². The van der Waals surface area contributed by atoms with Crippen LogP contribution in [-0.2, 0) is 11.3 Å². The van der Waals surface area contributed by atoms with Crippen molar-refractivity contribution in [2.75, 3.05) is 31.1 Å². The molecule has 1 fully saturated rings. The van der Waals surface area contributed by atoms with Crippen molar-refractivity contribution in [2.24, 2.45) is 0 Å². The van der Waals surface area contributed by atoms with Crippen molar-refractivity contribution in [1.82, 2.24) is 25.2 Å². The number of rotatable bonds is 4. The van der Waals surface area contributed by atoms with E-state index in [1.165, 1.54) is 6.20 Å². The second-order valence-corrected chi connectivity index (χ2v) is 5.79. The molecule has 0 aliphatic carbocycles. The predicted molar refractivity (Wildman–Crippen MR) is 91.9 cm³/mol. The van der Waals surface area contributed by atoms with Gasteiger partial charge in [0.15, 0.2) is 0 Å². The molecule has 1 N–H and O–H groups in total. The summed E-state index contributed by atoms with van der Waals surface area (Å²) >= 11 is 0. The van der Waals surface area contributed by atoms with Gasteiger partial charge in [-0.25, -0.2) is 9.97 Å². The summed E-state index contributed by atoms with van der Waals surface area (Å²) < 4.78 is 0. The quantitative estimate of drug-likeness (QED) is 0.870. The average Bonchev–Trinajstić information content (AvgIpc) is 2.67. The van der Waals surface area contributed by atoms with E-state index >= 15 is 0 Å². The number of hydrogen-bond donors (Lipinski definition) is 1. The Balaban J connectivity index is 1.55. The lowest BCUT2D eigenvalue weighted by molar-refractivity contribution is -0.129. The number of carbonyl (C=O) groups excluding carboxylic acids is 2. The Morgan fingerprint density at radius 3 is 2.40 bits per heavy atom. The molecule has 2 aromatic rings. The smallest absolute Gasteiger partial charge is 0.271 e. The molecular formula is C17H20N6O2. The Morgan fingerprint density at radius 1 is 1.08 bits per heavy atom. The second kappa shape index (κ2) is 7.69. The van der Waals surface area contributed by atoms with Gasteiger partial charge in [0.25, 0.3) is 5.91 Å². The predicted octanol–water partition coefficient (Wildman–Crippen LogP) is 0.470. The number of amides is 2. The zero-order chi connectivity index (χ0) is 17.6. The fourth-order valence-corrected chi connectivity index (χ4v) is 2.63. The Kier molecular flexibility index (Phi) is 5.17. The minimum Gasteiger partial charge on any atom is -0.352 e.